The van der Waals surface area contributed by atoms with Gasteiger partial charge in [0.15, 0.2) is 5.65 Å². The number of alkyl halides is 2. The minimum Gasteiger partial charge on any atom is -0.382 e. The third-order valence-corrected chi connectivity index (χ3v) is 3.59. The van der Waals surface area contributed by atoms with Gasteiger partial charge in [-0.05, 0) is 31.2 Å². The van der Waals surface area contributed by atoms with Crippen LogP contribution in [-0.4, -0.2) is 36.5 Å². The molecule has 2 aromatic heterocycles. The number of benzene rings is 1. The van der Waals surface area contributed by atoms with Gasteiger partial charge in [0.1, 0.15) is 23.1 Å². The zero-order valence-electron chi connectivity index (χ0n) is 12.5. The fourth-order valence-corrected chi connectivity index (χ4v) is 2.25. The maximum atomic E-state index is 13.0. The molecule has 0 spiro atoms. The van der Waals surface area contributed by atoms with Crippen molar-refractivity contribution < 1.29 is 18.3 Å². The summed E-state index contributed by atoms with van der Waals surface area (Å²) < 4.78 is 40.8. The summed E-state index contributed by atoms with van der Waals surface area (Å²) >= 11 is 0. The van der Waals surface area contributed by atoms with E-state index in [0.29, 0.717) is 5.69 Å². The van der Waals surface area contributed by atoms with E-state index >= 15 is 0 Å². The lowest BCUT2D eigenvalue weighted by Crippen LogP contribution is -2.41. The minimum atomic E-state index is -3.01. The van der Waals surface area contributed by atoms with E-state index in [1.807, 2.05) is 0 Å². The van der Waals surface area contributed by atoms with E-state index in [0.717, 1.165) is 17.8 Å². The molecule has 3 aromatic rings. The second-order valence-corrected chi connectivity index (χ2v) is 5.61. The van der Waals surface area contributed by atoms with Crippen LogP contribution >= 0.6 is 0 Å². The zero-order valence-corrected chi connectivity index (χ0v) is 12.5. The first-order chi connectivity index (χ1) is 11.3. The Morgan fingerprint density at radius 3 is 2.58 bits per heavy atom. The van der Waals surface area contributed by atoms with E-state index in [4.69, 9.17) is 0 Å². The van der Waals surface area contributed by atoms with Gasteiger partial charge < -0.3 is 5.11 Å². The fraction of sp³-hybridized carbons (Fsp3) is 0.267. The fourth-order valence-electron chi connectivity index (χ4n) is 2.25. The van der Waals surface area contributed by atoms with Crippen molar-refractivity contribution in [3.63, 3.8) is 0 Å². The highest BCUT2D eigenvalue weighted by Crippen LogP contribution is 2.18. The Morgan fingerprint density at radius 1 is 1.29 bits per heavy atom. The van der Waals surface area contributed by atoms with Gasteiger partial charge in [-0.3, -0.25) is 9.36 Å². The summed E-state index contributed by atoms with van der Waals surface area (Å²) in [6, 6.07) is 5.42. The Morgan fingerprint density at radius 2 is 1.96 bits per heavy atom. The van der Waals surface area contributed by atoms with E-state index in [2.05, 4.69) is 10.1 Å². The molecule has 126 valence electrons. The molecule has 0 aliphatic heterocycles. The van der Waals surface area contributed by atoms with Crippen molar-refractivity contribution >= 4 is 11.0 Å². The highest BCUT2D eigenvalue weighted by molar-refractivity contribution is 5.74. The van der Waals surface area contributed by atoms with E-state index in [9.17, 15) is 23.1 Å². The molecule has 0 aliphatic rings. The van der Waals surface area contributed by atoms with Crippen LogP contribution in [0.15, 0.2) is 41.6 Å². The Balaban J connectivity index is 2.06. The molecule has 0 saturated carbocycles. The van der Waals surface area contributed by atoms with Crippen LogP contribution in [0.3, 0.4) is 0 Å². The second kappa shape index (κ2) is 5.75. The van der Waals surface area contributed by atoms with Crippen LogP contribution in [0.1, 0.15) is 6.92 Å². The molecule has 6 nitrogen and oxygen atoms in total. The Kier molecular flexibility index (Phi) is 3.88. The summed E-state index contributed by atoms with van der Waals surface area (Å²) in [5, 5.41) is 13.8. The van der Waals surface area contributed by atoms with Crippen molar-refractivity contribution in [1.82, 2.24) is 19.3 Å². The van der Waals surface area contributed by atoms with E-state index in [-0.39, 0.29) is 11.0 Å². The van der Waals surface area contributed by atoms with Crippen LogP contribution in [0.2, 0.25) is 0 Å². The highest BCUT2D eigenvalue weighted by atomic mass is 19.3. The second-order valence-electron chi connectivity index (χ2n) is 5.61. The molecule has 0 fully saturated rings. The maximum Gasteiger partial charge on any atom is 0.268 e. The standard InChI is InChI=1S/C15H13F3N4O2/c1-15(24,14(17)18)7-21-8-19-12-11(13(21)23)6-20-22(12)10-4-2-9(16)3-5-10/h2-6,8,14,24H,7H2,1H3. The highest BCUT2D eigenvalue weighted by Gasteiger charge is 2.33. The number of hydrogen-bond donors (Lipinski definition) is 1. The van der Waals surface area contributed by atoms with Gasteiger partial charge in [-0.15, -0.1) is 0 Å². The number of rotatable bonds is 4. The van der Waals surface area contributed by atoms with Gasteiger partial charge in [-0.1, -0.05) is 0 Å². The number of nitrogens with zero attached hydrogens (tertiary/aromatic N) is 4. The molecule has 1 atom stereocenters. The first-order valence-electron chi connectivity index (χ1n) is 6.99. The van der Waals surface area contributed by atoms with Crippen LogP contribution in [0.4, 0.5) is 13.2 Å². The lowest BCUT2D eigenvalue weighted by atomic mass is 10.1. The van der Waals surface area contributed by atoms with Crippen LogP contribution in [-0.2, 0) is 6.54 Å². The molecule has 0 amide bonds. The number of halogens is 3. The van der Waals surface area contributed by atoms with Gasteiger partial charge in [-0.25, -0.2) is 22.8 Å². The summed E-state index contributed by atoms with van der Waals surface area (Å²) in [5.41, 5.74) is -2.25. The van der Waals surface area contributed by atoms with Crippen LogP contribution < -0.4 is 5.56 Å². The van der Waals surface area contributed by atoms with Crippen molar-refractivity contribution in [2.24, 2.45) is 0 Å². The molecule has 1 N–H and O–H groups in total. The van der Waals surface area contributed by atoms with Gasteiger partial charge in [0.2, 0.25) is 0 Å². The molecule has 0 aliphatic carbocycles. The SMILES string of the molecule is CC(O)(Cn1cnc2c(cnn2-c2ccc(F)cc2)c1=O)C(F)F. The number of hydrogen-bond acceptors (Lipinski definition) is 4. The predicted octanol–water partition coefficient (Wildman–Crippen LogP) is 1.74. The molecule has 3 rings (SSSR count). The molecule has 1 aromatic carbocycles. The molecular weight excluding hydrogens is 325 g/mol. The topological polar surface area (TPSA) is 72.9 Å². The van der Waals surface area contributed by atoms with Gasteiger partial charge in [0.05, 0.1) is 18.4 Å². The first-order valence-corrected chi connectivity index (χ1v) is 6.99. The third-order valence-electron chi connectivity index (χ3n) is 3.59. The normalized spacial score (nSPS) is 14.2. The number of aliphatic hydroxyl groups is 1. The van der Waals surface area contributed by atoms with E-state index in [1.54, 1.807) is 0 Å². The molecule has 0 bridgehead atoms. The summed E-state index contributed by atoms with van der Waals surface area (Å²) in [5.74, 6) is -0.417. The van der Waals surface area contributed by atoms with Crippen LogP contribution in [0, 0.1) is 5.82 Å². The van der Waals surface area contributed by atoms with E-state index in [1.165, 1.54) is 35.1 Å². The summed E-state index contributed by atoms with van der Waals surface area (Å²) in [6.07, 6.45) is -0.688. The van der Waals surface area contributed by atoms with Gasteiger partial charge >= 0.3 is 0 Å². The summed E-state index contributed by atoms with van der Waals surface area (Å²) in [4.78, 5) is 16.4. The van der Waals surface area contributed by atoms with Gasteiger partial charge in [-0.2, -0.15) is 5.10 Å². The van der Waals surface area contributed by atoms with Crippen LogP contribution in [0.25, 0.3) is 16.7 Å². The lowest BCUT2D eigenvalue weighted by molar-refractivity contribution is -0.0932. The quantitative estimate of drug-likeness (QED) is 0.786. The largest absolute Gasteiger partial charge is 0.382 e. The number of aromatic nitrogens is 4. The van der Waals surface area contributed by atoms with Crippen molar-refractivity contribution in [3.8, 4) is 5.69 Å². The minimum absolute atomic E-state index is 0.104. The summed E-state index contributed by atoms with van der Waals surface area (Å²) in [6.45, 7) is 0.338. The first kappa shape index (κ1) is 16.2. The third kappa shape index (κ3) is 2.78. The molecule has 9 heteroatoms. The molecule has 1 unspecified atom stereocenters. The number of fused-ring (bicyclic) bond motifs is 1. The van der Waals surface area contributed by atoms with Crippen molar-refractivity contribution in [2.75, 3.05) is 0 Å². The van der Waals surface area contributed by atoms with Crippen molar-refractivity contribution in [1.29, 1.82) is 0 Å². The van der Waals surface area contributed by atoms with Crippen molar-refractivity contribution in [3.05, 3.63) is 53.0 Å². The average Bonchev–Trinajstić information content (AvgIpc) is 2.95. The monoisotopic (exact) mass is 338 g/mol. The van der Waals surface area contributed by atoms with Crippen molar-refractivity contribution in [2.45, 2.75) is 25.5 Å². The molecular formula is C15H13F3N4O2. The molecule has 24 heavy (non-hydrogen) atoms. The Labute approximate surface area is 133 Å². The Bertz CT molecular complexity index is 932. The molecule has 2 heterocycles. The smallest absolute Gasteiger partial charge is 0.268 e. The average molecular weight is 338 g/mol. The lowest BCUT2D eigenvalue weighted by Gasteiger charge is -2.22. The van der Waals surface area contributed by atoms with Gasteiger partial charge in [0, 0.05) is 0 Å². The zero-order chi connectivity index (χ0) is 17.5. The Hall–Kier alpha value is -2.68. The molecule has 0 radical (unpaired) electrons. The van der Waals surface area contributed by atoms with Crippen LogP contribution in [0.5, 0.6) is 0 Å². The van der Waals surface area contributed by atoms with E-state index < -0.39 is 29.9 Å². The predicted molar refractivity (Wildman–Crippen MR) is 79.7 cm³/mol. The maximum absolute atomic E-state index is 13.0. The van der Waals surface area contributed by atoms with Gasteiger partial charge in [0.25, 0.3) is 12.0 Å². The molecule has 0 saturated heterocycles. The summed E-state index contributed by atoms with van der Waals surface area (Å²) in [7, 11) is 0.